The van der Waals surface area contributed by atoms with E-state index in [1.807, 2.05) is 11.8 Å². The van der Waals surface area contributed by atoms with Crippen LogP contribution >= 0.6 is 11.8 Å². The van der Waals surface area contributed by atoms with E-state index in [4.69, 9.17) is 5.73 Å². The van der Waals surface area contributed by atoms with Crippen molar-refractivity contribution in [3.05, 3.63) is 0 Å². The van der Waals surface area contributed by atoms with E-state index in [1.165, 1.54) is 25.0 Å². The minimum absolute atomic E-state index is 0.0471. The van der Waals surface area contributed by atoms with Crippen LogP contribution in [-0.2, 0) is 4.79 Å². The molecule has 84 valence electrons. The first-order valence-electron chi connectivity index (χ1n) is 5.20. The van der Waals surface area contributed by atoms with Crippen molar-refractivity contribution >= 4 is 17.7 Å². The van der Waals surface area contributed by atoms with Gasteiger partial charge in [-0.2, -0.15) is 11.8 Å². The zero-order valence-corrected chi connectivity index (χ0v) is 10.0. The Morgan fingerprint density at radius 2 is 2.00 bits per heavy atom. The molecule has 3 N–H and O–H groups in total. The molecule has 0 aliphatic rings. The van der Waals surface area contributed by atoms with E-state index in [-0.39, 0.29) is 11.9 Å². The topological polar surface area (TPSA) is 55.1 Å². The largest absolute Gasteiger partial charge is 0.355 e. The molecule has 0 aromatic heterocycles. The molecule has 0 fully saturated rings. The third kappa shape index (κ3) is 8.38. The van der Waals surface area contributed by atoms with Crippen molar-refractivity contribution in [1.29, 1.82) is 0 Å². The molecule has 1 atom stereocenters. The molecule has 0 heterocycles. The van der Waals surface area contributed by atoms with Crippen molar-refractivity contribution in [2.45, 2.75) is 38.6 Å². The van der Waals surface area contributed by atoms with Gasteiger partial charge in [-0.1, -0.05) is 12.8 Å². The van der Waals surface area contributed by atoms with Gasteiger partial charge in [0.2, 0.25) is 5.91 Å². The van der Waals surface area contributed by atoms with Crippen molar-refractivity contribution in [2.24, 2.45) is 5.73 Å². The lowest BCUT2D eigenvalue weighted by atomic mass is 10.2. The van der Waals surface area contributed by atoms with E-state index >= 15 is 0 Å². The molecule has 1 unspecified atom stereocenters. The third-order valence-electron chi connectivity index (χ3n) is 1.99. The molecule has 0 spiro atoms. The summed E-state index contributed by atoms with van der Waals surface area (Å²) in [6.45, 7) is 2.47. The Balaban J connectivity index is 3.10. The second-order valence-corrected chi connectivity index (χ2v) is 4.47. The number of unbranched alkanes of at least 4 members (excludes halogenated alkanes) is 3. The SMILES string of the molecule is CSCCCCCCNC(=O)C(C)N. The molecule has 0 saturated carbocycles. The highest BCUT2D eigenvalue weighted by Gasteiger charge is 2.04. The average molecular weight is 218 g/mol. The second-order valence-electron chi connectivity index (χ2n) is 3.49. The summed E-state index contributed by atoms with van der Waals surface area (Å²) < 4.78 is 0. The van der Waals surface area contributed by atoms with E-state index in [0.717, 1.165) is 13.0 Å². The van der Waals surface area contributed by atoms with Crippen LogP contribution in [0.1, 0.15) is 32.6 Å². The number of amides is 1. The zero-order valence-electron chi connectivity index (χ0n) is 9.21. The van der Waals surface area contributed by atoms with Gasteiger partial charge in [-0.15, -0.1) is 0 Å². The van der Waals surface area contributed by atoms with Crippen molar-refractivity contribution in [3.63, 3.8) is 0 Å². The first kappa shape index (κ1) is 13.8. The zero-order chi connectivity index (χ0) is 10.8. The van der Waals surface area contributed by atoms with Crippen molar-refractivity contribution in [2.75, 3.05) is 18.6 Å². The number of nitrogens with one attached hydrogen (secondary N) is 1. The highest BCUT2D eigenvalue weighted by molar-refractivity contribution is 7.98. The predicted octanol–water partition coefficient (Wildman–Crippen LogP) is 1.37. The van der Waals surface area contributed by atoms with Gasteiger partial charge >= 0.3 is 0 Å². The quantitative estimate of drug-likeness (QED) is 0.605. The standard InChI is InChI=1S/C10H22N2OS/c1-9(11)10(13)12-7-5-3-4-6-8-14-2/h9H,3-8,11H2,1-2H3,(H,12,13). The first-order valence-corrected chi connectivity index (χ1v) is 6.60. The molecular formula is C10H22N2OS. The molecular weight excluding hydrogens is 196 g/mol. The number of carbonyl (C=O) groups is 1. The van der Waals surface area contributed by atoms with Gasteiger partial charge in [-0.3, -0.25) is 4.79 Å². The van der Waals surface area contributed by atoms with Crippen LogP contribution in [0.2, 0.25) is 0 Å². The van der Waals surface area contributed by atoms with Crippen LogP contribution in [0.4, 0.5) is 0 Å². The molecule has 0 bridgehead atoms. The van der Waals surface area contributed by atoms with Crippen molar-refractivity contribution < 1.29 is 4.79 Å². The van der Waals surface area contributed by atoms with E-state index < -0.39 is 0 Å². The lowest BCUT2D eigenvalue weighted by molar-refractivity contribution is -0.121. The van der Waals surface area contributed by atoms with Crippen LogP contribution in [-0.4, -0.2) is 30.5 Å². The van der Waals surface area contributed by atoms with Crippen LogP contribution in [0.5, 0.6) is 0 Å². The smallest absolute Gasteiger partial charge is 0.236 e. The van der Waals surface area contributed by atoms with Crippen molar-refractivity contribution in [1.82, 2.24) is 5.32 Å². The maximum Gasteiger partial charge on any atom is 0.236 e. The molecule has 3 nitrogen and oxygen atoms in total. The van der Waals surface area contributed by atoms with Gasteiger partial charge in [0.05, 0.1) is 6.04 Å². The molecule has 14 heavy (non-hydrogen) atoms. The lowest BCUT2D eigenvalue weighted by Crippen LogP contribution is -2.38. The molecule has 0 radical (unpaired) electrons. The molecule has 0 aromatic rings. The third-order valence-corrected chi connectivity index (χ3v) is 2.68. The number of carbonyl (C=O) groups excluding carboxylic acids is 1. The van der Waals surface area contributed by atoms with E-state index in [2.05, 4.69) is 11.6 Å². The first-order chi connectivity index (χ1) is 6.68. The molecule has 0 aliphatic heterocycles. The summed E-state index contributed by atoms with van der Waals surface area (Å²) in [7, 11) is 0. The fraction of sp³-hybridized carbons (Fsp3) is 0.900. The van der Waals surface area contributed by atoms with Gasteiger partial charge in [-0.25, -0.2) is 0 Å². The molecule has 0 aliphatic carbocycles. The van der Waals surface area contributed by atoms with E-state index in [0.29, 0.717) is 0 Å². The number of nitrogens with two attached hydrogens (primary N) is 1. The number of rotatable bonds is 8. The number of hydrogen-bond donors (Lipinski definition) is 2. The summed E-state index contributed by atoms with van der Waals surface area (Å²) in [6.07, 6.45) is 6.92. The van der Waals surface area contributed by atoms with Crippen LogP contribution in [0.25, 0.3) is 0 Å². The molecule has 1 amide bonds. The van der Waals surface area contributed by atoms with Gasteiger partial charge in [-0.05, 0) is 31.8 Å². The Hall–Kier alpha value is -0.220. The number of thioether (sulfide) groups is 1. The van der Waals surface area contributed by atoms with Gasteiger partial charge < -0.3 is 11.1 Å². The Morgan fingerprint density at radius 3 is 2.57 bits per heavy atom. The highest BCUT2D eigenvalue weighted by atomic mass is 32.2. The van der Waals surface area contributed by atoms with Gasteiger partial charge in [0.15, 0.2) is 0 Å². The van der Waals surface area contributed by atoms with E-state index in [1.54, 1.807) is 6.92 Å². The Labute approximate surface area is 91.2 Å². The molecule has 4 heteroatoms. The molecule has 0 rings (SSSR count). The lowest BCUT2D eigenvalue weighted by Gasteiger charge is -2.06. The molecule has 0 aromatic carbocycles. The summed E-state index contributed by atoms with van der Waals surface area (Å²) >= 11 is 1.89. The van der Waals surface area contributed by atoms with Crippen LogP contribution in [0.15, 0.2) is 0 Å². The fourth-order valence-corrected chi connectivity index (χ4v) is 1.59. The monoisotopic (exact) mass is 218 g/mol. The molecule has 0 saturated heterocycles. The summed E-state index contributed by atoms with van der Waals surface area (Å²) in [6, 6.07) is -0.383. The predicted molar refractivity (Wildman–Crippen MR) is 63.5 cm³/mol. The fourth-order valence-electron chi connectivity index (χ4n) is 1.10. The minimum Gasteiger partial charge on any atom is -0.355 e. The van der Waals surface area contributed by atoms with Gasteiger partial charge in [0.25, 0.3) is 0 Å². The Morgan fingerprint density at radius 1 is 1.36 bits per heavy atom. The minimum atomic E-state index is -0.383. The maximum atomic E-state index is 11.0. The van der Waals surface area contributed by atoms with E-state index in [9.17, 15) is 4.79 Å². The summed E-state index contributed by atoms with van der Waals surface area (Å²) in [5, 5.41) is 2.80. The summed E-state index contributed by atoms with van der Waals surface area (Å²) in [5.74, 6) is 1.20. The number of hydrogen-bond acceptors (Lipinski definition) is 3. The highest BCUT2D eigenvalue weighted by Crippen LogP contribution is 2.03. The Kier molecular flexibility index (Phi) is 9.19. The van der Waals surface area contributed by atoms with Crippen LogP contribution in [0.3, 0.4) is 0 Å². The van der Waals surface area contributed by atoms with Gasteiger partial charge in [0, 0.05) is 6.54 Å². The Bertz CT molecular complexity index is 151. The maximum absolute atomic E-state index is 11.0. The van der Waals surface area contributed by atoms with Gasteiger partial charge in [0.1, 0.15) is 0 Å². The normalized spacial score (nSPS) is 12.5. The second kappa shape index (κ2) is 9.34. The van der Waals surface area contributed by atoms with Crippen LogP contribution in [0, 0.1) is 0 Å². The van der Waals surface area contributed by atoms with Crippen LogP contribution < -0.4 is 11.1 Å². The summed E-state index contributed by atoms with van der Waals surface area (Å²) in [4.78, 5) is 11.0. The van der Waals surface area contributed by atoms with Crippen molar-refractivity contribution in [3.8, 4) is 0 Å². The average Bonchev–Trinajstić information content (AvgIpc) is 2.16. The summed E-state index contributed by atoms with van der Waals surface area (Å²) in [5.41, 5.74) is 5.40.